The molecule has 0 radical (unpaired) electrons. The number of nitrogens with zero attached hydrogens (tertiary/aromatic N) is 1. The number of hydrazine groups is 1. The quantitative estimate of drug-likeness (QED) is 0.505. The van der Waals surface area contributed by atoms with Crippen LogP contribution in [0.2, 0.25) is 5.02 Å². The Bertz CT molecular complexity index is 1180. The Morgan fingerprint density at radius 1 is 1.07 bits per heavy atom. The average molecular weight is 409 g/mol. The number of hydrogen-bond acceptors (Lipinski definition) is 4. The number of hydrogen-bond donors (Lipinski definition) is 2. The minimum absolute atomic E-state index is 0.0860. The third-order valence-corrected chi connectivity index (χ3v) is 4.53. The summed E-state index contributed by atoms with van der Waals surface area (Å²) in [5.74, 6) is -1.67. The zero-order chi connectivity index (χ0) is 20.5. The Morgan fingerprint density at radius 3 is 2.62 bits per heavy atom. The third-order valence-electron chi connectivity index (χ3n) is 4.29. The number of nitrogens with one attached hydrogen (secondary N) is 1. The number of furan rings is 1. The molecule has 2 amide bonds. The fraction of sp³-hybridized carbons (Fsp3) is 0. The smallest absolute Gasteiger partial charge is 0.336 e. The SMILES string of the molecule is O=C1NN(c2cccc(Cl)c2)C(=O)C1=Cc1ccc(-c2ccccc2C(=O)O)o1. The number of carboxylic acids is 1. The molecule has 2 N–H and O–H groups in total. The third kappa shape index (κ3) is 3.51. The van der Waals surface area contributed by atoms with Gasteiger partial charge >= 0.3 is 5.97 Å². The summed E-state index contributed by atoms with van der Waals surface area (Å²) in [5.41, 5.74) is 3.27. The van der Waals surface area contributed by atoms with E-state index in [1.165, 1.54) is 12.1 Å². The summed E-state index contributed by atoms with van der Waals surface area (Å²) in [7, 11) is 0. The second kappa shape index (κ2) is 7.29. The largest absolute Gasteiger partial charge is 0.478 e. The van der Waals surface area contributed by atoms with Crippen molar-refractivity contribution < 1.29 is 23.9 Å². The van der Waals surface area contributed by atoms with Crippen LogP contribution < -0.4 is 10.4 Å². The molecule has 3 aromatic rings. The van der Waals surface area contributed by atoms with Gasteiger partial charge in [0.05, 0.1) is 11.3 Å². The lowest BCUT2D eigenvalue weighted by Crippen LogP contribution is -2.35. The molecule has 1 aliphatic heterocycles. The van der Waals surface area contributed by atoms with Gasteiger partial charge in [-0.3, -0.25) is 15.0 Å². The van der Waals surface area contributed by atoms with Gasteiger partial charge in [0.25, 0.3) is 11.8 Å². The number of amides is 2. The maximum Gasteiger partial charge on any atom is 0.336 e. The van der Waals surface area contributed by atoms with E-state index < -0.39 is 17.8 Å². The fourth-order valence-electron chi connectivity index (χ4n) is 2.96. The van der Waals surface area contributed by atoms with Gasteiger partial charge in [0.15, 0.2) is 0 Å². The molecule has 0 aliphatic carbocycles. The standard InChI is InChI=1S/C21H13ClN2O5/c22-12-4-3-5-13(10-12)24-20(26)17(19(25)23-24)11-14-8-9-18(29-14)15-6-1-2-7-16(15)21(27)28/h1-11H,(H,23,25)(H,27,28). The minimum Gasteiger partial charge on any atom is -0.478 e. The summed E-state index contributed by atoms with van der Waals surface area (Å²) in [6.07, 6.45) is 1.31. The predicted octanol–water partition coefficient (Wildman–Crippen LogP) is 3.76. The fourth-order valence-corrected chi connectivity index (χ4v) is 3.14. The van der Waals surface area contributed by atoms with Crippen LogP contribution in [0.5, 0.6) is 0 Å². The molecule has 29 heavy (non-hydrogen) atoms. The zero-order valence-electron chi connectivity index (χ0n) is 14.8. The van der Waals surface area contributed by atoms with Crippen molar-refractivity contribution in [1.29, 1.82) is 0 Å². The van der Waals surface area contributed by atoms with Crippen LogP contribution in [-0.2, 0) is 9.59 Å². The molecule has 1 aromatic heterocycles. The number of halogens is 1. The van der Waals surface area contributed by atoms with Crippen LogP contribution in [0.1, 0.15) is 16.1 Å². The Kier molecular flexibility index (Phi) is 4.66. The zero-order valence-corrected chi connectivity index (χ0v) is 15.5. The van der Waals surface area contributed by atoms with E-state index in [1.807, 2.05) is 0 Å². The highest BCUT2D eigenvalue weighted by Crippen LogP contribution is 2.28. The molecule has 0 unspecified atom stereocenters. The van der Waals surface area contributed by atoms with E-state index in [-0.39, 0.29) is 16.9 Å². The first-order chi connectivity index (χ1) is 13.9. The molecule has 1 saturated heterocycles. The molecule has 0 saturated carbocycles. The number of carboxylic acid groups (broad SMARTS) is 1. The number of carbonyl (C=O) groups excluding carboxylic acids is 2. The van der Waals surface area contributed by atoms with Crippen molar-refractivity contribution >= 4 is 41.1 Å². The highest BCUT2D eigenvalue weighted by Gasteiger charge is 2.34. The molecule has 144 valence electrons. The Balaban J connectivity index is 1.65. The lowest BCUT2D eigenvalue weighted by atomic mass is 10.1. The van der Waals surface area contributed by atoms with Gasteiger partial charge in [-0.1, -0.05) is 35.9 Å². The molecular formula is C21H13ClN2O5. The van der Waals surface area contributed by atoms with Crippen LogP contribution in [0, 0.1) is 0 Å². The van der Waals surface area contributed by atoms with Gasteiger partial charge in [0, 0.05) is 10.6 Å². The molecule has 0 bridgehead atoms. The van der Waals surface area contributed by atoms with Gasteiger partial charge < -0.3 is 9.52 Å². The van der Waals surface area contributed by atoms with Crippen LogP contribution >= 0.6 is 11.6 Å². The van der Waals surface area contributed by atoms with Crippen LogP contribution in [0.4, 0.5) is 5.69 Å². The van der Waals surface area contributed by atoms with Gasteiger partial charge in [-0.25, -0.2) is 9.80 Å². The first-order valence-electron chi connectivity index (χ1n) is 8.49. The second-order valence-corrected chi connectivity index (χ2v) is 6.61. The Labute approximate surface area is 169 Å². The summed E-state index contributed by atoms with van der Waals surface area (Å²) in [4.78, 5) is 36.3. The molecule has 8 heteroatoms. The molecule has 1 fully saturated rings. The van der Waals surface area contributed by atoms with Gasteiger partial charge in [0.2, 0.25) is 0 Å². The maximum absolute atomic E-state index is 12.7. The molecule has 0 spiro atoms. The predicted molar refractivity (Wildman–Crippen MR) is 106 cm³/mol. The van der Waals surface area contributed by atoms with Crippen molar-refractivity contribution in [2.75, 3.05) is 5.01 Å². The average Bonchev–Trinajstić information content (AvgIpc) is 3.28. The second-order valence-electron chi connectivity index (χ2n) is 6.17. The maximum atomic E-state index is 12.7. The van der Waals surface area contributed by atoms with Gasteiger partial charge in [-0.05, 0) is 42.5 Å². The number of benzene rings is 2. The van der Waals surface area contributed by atoms with E-state index in [9.17, 15) is 19.5 Å². The molecule has 2 heterocycles. The summed E-state index contributed by atoms with van der Waals surface area (Å²) < 4.78 is 5.67. The molecule has 1 aliphatic rings. The van der Waals surface area contributed by atoms with Crippen LogP contribution in [0.15, 0.2) is 70.7 Å². The molecule has 7 nitrogen and oxygen atoms in total. The van der Waals surface area contributed by atoms with Crippen LogP contribution in [-0.4, -0.2) is 22.9 Å². The molecule has 0 atom stereocenters. The van der Waals surface area contributed by atoms with Crippen molar-refractivity contribution in [3.05, 3.63) is 82.6 Å². The van der Waals surface area contributed by atoms with Crippen LogP contribution in [0.3, 0.4) is 0 Å². The number of anilines is 1. The normalized spacial score (nSPS) is 15.1. The highest BCUT2D eigenvalue weighted by atomic mass is 35.5. The molecular weight excluding hydrogens is 396 g/mol. The van der Waals surface area contributed by atoms with Crippen molar-refractivity contribution in [3.8, 4) is 11.3 Å². The van der Waals surface area contributed by atoms with Gasteiger partial charge in [-0.15, -0.1) is 0 Å². The summed E-state index contributed by atoms with van der Waals surface area (Å²) in [6, 6.07) is 16.1. The number of carbonyl (C=O) groups is 3. The molecule has 2 aromatic carbocycles. The van der Waals surface area contributed by atoms with E-state index in [1.54, 1.807) is 54.6 Å². The van der Waals surface area contributed by atoms with E-state index in [2.05, 4.69) is 5.43 Å². The van der Waals surface area contributed by atoms with E-state index in [0.29, 0.717) is 22.0 Å². The van der Waals surface area contributed by atoms with E-state index >= 15 is 0 Å². The van der Waals surface area contributed by atoms with Crippen molar-refractivity contribution in [1.82, 2.24) is 5.43 Å². The van der Waals surface area contributed by atoms with Crippen LogP contribution in [0.25, 0.3) is 17.4 Å². The molecule has 4 rings (SSSR count). The van der Waals surface area contributed by atoms with E-state index in [0.717, 1.165) is 5.01 Å². The summed E-state index contributed by atoms with van der Waals surface area (Å²) >= 11 is 5.95. The lowest BCUT2D eigenvalue weighted by Gasteiger charge is -2.14. The minimum atomic E-state index is -1.08. The highest BCUT2D eigenvalue weighted by molar-refractivity contribution is 6.33. The number of aromatic carboxylic acids is 1. The van der Waals surface area contributed by atoms with Gasteiger partial charge in [0.1, 0.15) is 17.1 Å². The van der Waals surface area contributed by atoms with E-state index in [4.69, 9.17) is 16.0 Å². The van der Waals surface area contributed by atoms with Crippen molar-refractivity contribution in [3.63, 3.8) is 0 Å². The first kappa shape index (κ1) is 18.5. The topological polar surface area (TPSA) is 99.9 Å². The Hall–Kier alpha value is -3.84. The monoisotopic (exact) mass is 408 g/mol. The summed E-state index contributed by atoms with van der Waals surface area (Å²) in [6.45, 7) is 0. The Morgan fingerprint density at radius 2 is 1.86 bits per heavy atom. The van der Waals surface area contributed by atoms with Crippen molar-refractivity contribution in [2.45, 2.75) is 0 Å². The first-order valence-corrected chi connectivity index (χ1v) is 8.87. The van der Waals surface area contributed by atoms with Crippen molar-refractivity contribution in [2.24, 2.45) is 0 Å². The summed E-state index contributed by atoms with van der Waals surface area (Å²) in [5, 5.41) is 10.9. The van der Waals surface area contributed by atoms with Gasteiger partial charge in [-0.2, -0.15) is 0 Å². The number of rotatable bonds is 4. The lowest BCUT2D eigenvalue weighted by molar-refractivity contribution is -0.117.